The van der Waals surface area contributed by atoms with Crippen molar-refractivity contribution in [2.45, 2.75) is 0 Å². The average Bonchev–Trinajstić information content (AvgIpc) is 2.25. The molecule has 1 rings (SSSR count). The SMILES string of the molecule is COc1cccc(Br)c1C(=O)NCCS. The Labute approximate surface area is 103 Å². The Balaban J connectivity index is 2.95. The minimum absolute atomic E-state index is 0.159. The number of carbonyl (C=O) groups excluding carboxylic acids is 1. The van der Waals surface area contributed by atoms with Crippen LogP contribution in [0.5, 0.6) is 5.75 Å². The number of rotatable bonds is 4. The molecule has 0 heterocycles. The van der Waals surface area contributed by atoms with Crippen LogP contribution < -0.4 is 10.1 Å². The molecule has 0 aromatic heterocycles. The number of methoxy groups -OCH3 is 1. The summed E-state index contributed by atoms with van der Waals surface area (Å²) in [4.78, 5) is 11.7. The predicted molar refractivity (Wildman–Crippen MR) is 66.9 cm³/mol. The molecule has 0 radical (unpaired) electrons. The van der Waals surface area contributed by atoms with Gasteiger partial charge in [-0.25, -0.2) is 0 Å². The Morgan fingerprint density at radius 1 is 1.60 bits per heavy atom. The van der Waals surface area contributed by atoms with E-state index in [4.69, 9.17) is 4.74 Å². The predicted octanol–water partition coefficient (Wildman–Crippen LogP) is 2.12. The molecule has 0 saturated carbocycles. The number of hydrogen-bond donors (Lipinski definition) is 2. The Kier molecular flexibility index (Phi) is 4.98. The second-order valence-electron chi connectivity index (χ2n) is 2.80. The first-order valence-electron chi connectivity index (χ1n) is 4.42. The lowest BCUT2D eigenvalue weighted by Crippen LogP contribution is -2.26. The van der Waals surface area contributed by atoms with Crippen LogP contribution in [0.4, 0.5) is 0 Å². The molecule has 1 N–H and O–H groups in total. The average molecular weight is 290 g/mol. The van der Waals surface area contributed by atoms with Crippen molar-refractivity contribution in [1.82, 2.24) is 5.32 Å². The number of halogens is 1. The highest BCUT2D eigenvalue weighted by Crippen LogP contribution is 2.26. The normalized spacial score (nSPS) is 9.80. The number of benzene rings is 1. The Morgan fingerprint density at radius 2 is 2.33 bits per heavy atom. The van der Waals surface area contributed by atoms with Gasteiger partial charge in [-0.15, -0.1) is 0 Å². The molecular formula is C10H12BrNO2S. The maximum Gasteiger partial charge on any atom is 0.256 e. The summed E-state index contributed by atoms with van der Waals surface area (Å²) in [7, 11) is 1.54. The second kappa shape index (κ2) is 6.02. The van der Waals surface area contributed by atoms with Crippen molar-refractivity contribution >= 4 is 34.5 Å². The van der Waals surface area contributed by atoms with E-state index < -0.39 is 0 Å². The van der Waals surface area contributed by atoms with Crippen molar-refractivity contribution in [1.29, 1.82) is 0 Å². The highest BCUT2D eigenvalue weighted by molar-refractivity contribution is 9.10. The highest BCUT2D eigenvalue weighted by Gasteiger charge is 2.14. The maximum atomic E-state index is 11.7. The van der Waals surface area contributed by atoms with E-state index in [9.17, 15) is 4.79 Å². The number of amides is 1. The molecule has 5 heteroatoms. The van der Waals surface area contributed by atoms with Gasteiger partial charge in [-0.2, -0.15) is 12.6 Å². The zero-order chi connectivity index (χ0) is 11.3. The van der Waals surface area contributed by atoms with E-state index in [-0.39, 0.29) is 5.91 Å². The van der Waals surface area contributed by atoms with Gasteiger partial charge in [-0.1, -0.05) is 6.07 Å². The fraction of sp³-hybridized carbons (Fsp3) is 0.300. The third kappa shape index (κ3) is 3.14. The summed E-state index contributed by atoms with van der Waals surface area (Å²) in [6, 6.07) is 5.37. The molecule has 3 nitrogen and oxygen atoms in total. The van der Waals surface area contributed by atoms with Crippen molar-refractivity contribution in [3.63, 3.8) is 0 Å². The maximum absolute atomic E-state index is 11.7. The number of carbonyl (C=O) groups is 1. The molecule has 1 amide bonds. The number of ether oxygens (including phenoxy) is 1. The molecule has 1 aromatic rings. The second-order valence-corrected chi connectivity index (χ2v) is 4.10. The van der Waals surface area contributed by atoms with Gasteiger partial charge in [0, 0.05) is 16.8 Å². The van der Waals surface area contributed by atoms with Gasteiger partial charge in [0.15, 0.2) is 0 Å². The molecule has 0 bridgehead atoms. The summed E-state index contributed by atoms with van der Waals surface area (Å²) in [5, 5.41) is 2.74. The molecule has 0 aliphatic carbocycles. The molecule has 15 heavy (non-hydrogen) atoms. The van der Waals surface area contributed by atoms with Crippen LogP contribution in [-0.4, -0.2) is 25.3 Å². The van der Waals surface area contributed by atoms with E-state index in [1.165, 1.54) is 7.11 Å². The first-order chi connectivity index (χ1) is 7.20. The molecule has 1 aromatic carbocycles. The van der Waals surface area contributed by atoms with E-state index in [0.29, 0.717) is 23.6 Å². The molecule has 0 atom stereocenters. The van der Waals surface area contributed by atoms with Gasteiger partial charge in [-0.3, -0.25) is 4.79 Å². The van der Waals surface area contributed by atoms with Gasteiger partial charge in [0.25, 0.3) is 5.91 Å². The quantitative estimate of drug-likeness (QED) is 0.834. The summed E-state index contributed by atoms with van der Waals surface area (Å²) in [5.74, 6) is 1.01. The molecule has 0 fully saturated rings. The van der Waals surface area contributed by atoms with Gasteiger partial charge in [0.2, 0.25) is 0 Å². The fourth-order valence-corrected chi connectivity index (χ4v) is 1.79. The van der Waals surface area contributed by atoms with Crippen molar-refractivity contribution in [3.8, 4) is 5.75 Å². The van der Waals surface area contributed by atoms with Crippen molar-refractivity contribution in [3.05, 3.63) is 28.2 Å². The summed E-state index contributed by atoms with van der Waals surface area (Å²) < 4.78 is 5.84. The summed E-state index contributed by atoms with van der Waals surface area (Å²) in [6.07, 6.45) is 0. The Morgan fingerprint density at radius 3 is 2.93 bits per heavy atom. The summed E-state index contributed by atoms with van der Waals surface area (Å²) >= 11 is 7.35. The fourth-order valence-electron chi connectivity index (χ4n) is 1.15. The highest BCUT2D eigenvalue weighted by atomic mass is 79.9. The lowest BCUT2D eigenvalue weighted by Gasteiger charge is -2.10. The van der Waals surface area contributed by atoms with E-state index in [2.05, 4.69) is 33.9 Å². The molecule has 0 unspecified atom stereocenters. The molecular weight excluding hydrogens is 278 g/mol. The van der Waals surface area contributed by atoms with Crippen LogP contribution in [0.2, 0.25) is 0 Å². The third-order valence-corrected chi connectivity index (χ3v) is 2.70. The molecule has 0 saturated heterocycles. The number of nitrogens with one attached hydrogen (secondary N) is 1. The van der Waals surface area contributed by atoms with E-state index >= 15 is 0 Å². The topological polar surface area (TPSA) is 38.3 Å². The minimum Gasteiger partial charge on any atom is -0.496 e. The smallest absolute Gasteiger partial charge is 0.256 e. The Hall–Kier alpha value is -0.680. The number of hydrogen-bond acceptors (Lipinski definition) is 3. The largest absolute Gasteiger partial charge is 0.496 e. The van der Waals surface area contributed by atoms with Crippen molar-refractivity contribution < 1.29 is 9.53 Å². The van der Waals surface area contributed by atoms with Crippen LogP contribution >= 0.6 is 28.6 Å². The summed E-state index contributed by atoms with van der Waals surface area (Å²) in [5.41, 5.74) is 0.516. The Bertz CT molecular complexity index is 357. The lowest BCUT2D eigenvalue weighted by atomic mass is 10.2. The zero-order valence-electron chi connectivity index (χ0n) is 8.29. The molecule has 0 aliphatic heterocycles. The number of thiol groups is 1. The molecule has 0 aliphatic rings. The van der Waals surface area contributed by atoms with E-state index in [1.54, 1.807) is 12.1 Å². The lowest BCUT2D eigenvalue weighted by molar-refractivity contribution is 0.0952. The van der Waals surface area contributed by atoms with Gasteiger partial charge in [0.05, 0.1) is 12.7 Å². The van der Waals surface area contributed by atoms with Crippen LogP contribution in [0, 0.1) is 0 Å². The van der Waals surface area contributed by atoms with Crippen LogP contribution in [0.1, 0.15) is 10.4 Å². The standard InChI is InChI=1S/C10H12BrNO2S/c1-14-8-4-2-3-7(11)9(8)10(13)12-5-6-15/h2-4,15H,5-6H2,1H3,(H,12,13). The van der Waals surface area contributed by atoms with Crippen molar-refractivity contribution in [2.75, 3.05) is 19.4 Å². The molecule has 82 valence electrons. The minimum atomic E-state index is -0.159. The van der Waals surface area contributed by atoms with Crippen LogP contribution in [0.15, 0.2) is 22.7 Å². The first-order valence-corrected chi connectivity index (χ1v) is 5.84. The van der Waals surface area contributed by atoms with Gasteiger partial charge < -0.3 is 10.1 Å². The van der Waals surface area contributed by atoms with E-state index in [1.807, 2.05) is 6.07 Å². The van der Waals surface area contributed by atoms with Gasteiger partial charge in [0.1, 0.15) is 5.75 Å². The van der Waals surface area contributed by atoms with Gasteiger partial charge >= 0.3 is 0 Å². The van der Waals surface area contributed by atoms with Crippen molar-refractivity contribution in [2.24, 2.45) is 0 Å². The van der Waals surface area contributed by atoms with Crippen LogP contribution in [0.3, 0.4) is 0 Å². The summed E-state index contributed by atoms with van der Waals surface area (Å²) in [6.45, 7) is 0.534. The first kappa shape index (κ1) is 12.4. The molecule has 0 spiro atoms. The monoisotopic (exact) mass is 289 g/mol. The zero-order valence-corrected chi connectivity index (χ0v) is 10.8. The van der Waals surface area contributed by atoms with Crippen LogP contribution in [-0.2, 0) is 0 Å². The van der Waals surface area contributed by atoms with Crippen LogP contribution in [0.25, 0.3) is 0 Å². The van der Waals surface area contributed by atoms with E-state index in [0.717, 1.165) is 4.47 Å². The third-order valence-electron chi connectivity index (χ3n) is 1.82. The van der Waals surface area contributed by atoms with Gasteiger partial charge in [-0.05, 0) is 28.1 Å².